The van der Waals surface area contributed by atoms with Crippen molar-refractivity contribution in [2.75, 3.05) is 0 Å². The first-order valence-corrected chi connectivity index (χ1v) is 14.1. The quantitative estimate of drug-likeness (QED) is 0.170. The fourth-order valence-electron chi connectivity index (χ4n) is 3.19. The summed E-state index contributed by atoms with van der Waals surface area (Å²) in [5, 5.41) is 17.8. The molecule has 3 rings (SSSR count). The van der Waals surface area contributed by atoms with Crippen molar-refractivity contribution in [1.82, 2.24) is 10.7 Å². The number of hydrogen-bond acceptors (Lipinski definition) is 6. The molecule has 7 nitrogen and oxygen atoms in total. The van der Waals surface area contributed by atoms with E-state index in [-0.39, 0.29) is 24.2 Å². The Balaban J connectivity index is 1.58. The van der Waals surface area contributed by atoms with Gasteiger partial charge >= 0.3 is 0 Å². The maximum atomic E-state index is 12.7. The number of nitriles is 1. The first-order chi connectivity index (χ1) is 17.3. The van der Waals surface area contributed by atoms with Crippen LogP contribution >= 0.6 is 56.5 Å². The van der Waals surface area contributed by atoms with Gasteiger partial charge < -0.3 is 10.1 Å². The van der Waals surface area contributed by atoms with Crippen molar-refractivity contribution in [3.05, 3.63) is 82.6 Å². The van der Waals surface area contributed by atoms with Gasteiger partial charge in [0.15, 0.2) is 0 Å². The highest BCUT2D eigenvalue weighted by Crippen LogP contribution is 2.29. The Labute approximate surface area is 241 Å². The summed E-state index contributed by atoms with van der Waals surface area (Å²) < 4.78 is 7.81. The smallest absolute Gasteiger partial charge is 0.262 e. The number of hydrazone groups is 1. The summed E-state index contributed by atoms with van der Waals surface area (Å²) in [6.45, 7) is 4.14. The molecule has 2 N–H and O–H groups in total. The number of halogens is 2. The van der Waals surface area contributed by atoms with Gasteiger partial charge in [-0.3, -0.25) is 9.59 Å². The zero-order chi connectivity index (χ0) is 26.1. The van der Waals surface area contributed by atoms with Gasteiger partial charge in [0.2, 0.25) is 5.91 Å². The van der Waals surface area contributed by atoms with Gasteiger partial charge in [0, 0.05) is 4.88 Å². The summed E-state index contributed by atoms with van der Waals surface area (Å²) in [7, 11) is 0. The minimum absolute atomic E-state index is 0.0954. The Hall–Kier alpha value is -2.50. The zero-order valence-electron chi connectivity index (χ0n) is 19.6. The number of carbonyl (C=O) groups is 2. The Morgan fingerprint density at radius 2 is 1.86 bits per heavy atom. The van der Waals surface area contributed by atoms with Crippen molar-refractivity contribution < 1.29 is 14.3 Å². The summed E-state index contributed by atoms with van der Waals surface area (Å²) in [5.74, 6) is 0.0977. The van der Waals surface area contributed by atoms with Crippen molar-refractivity contribution in [1.29, 1.82) is 5.26 Å². The number of ether oxygens (including phenoxy) is 1. The second kappa shape index (κ2) is 13.7. The van der Waals surface area contributed by atoms with Gasteiger partial charge in [0.25, 0.3) is 5.91 Å². The Morgan fingerprint density at radius 1 is 1.17 bits per heavy atom. The third kappa shape index (κ3) is 8.28. The molecule has 10 heteroatoms. The molecule has 0 aliphatic heterocycles. The monoisotopic (exact) mass is 726 g/mol. The number of amides is 2. The molecule has 1 atom stereocenters. The average Bonchev–Trinajstić information content (AvgIpc) is 3.35. The lowest BCUT2D eigenvalue weighted by Gasteiger charge is -2.20. The molecule has 186 valence electrons. The molecule has 1 unspecified atom stereocenters. The molecule has 0 aliphatic rings. The van der Waals surface area contributed by atoms with Crippen LogP contribution in [0.1, 0.15) is 35.4 Å². The van der Waals surface area contributed by atoms with Gasteiger partial charge in [-0.05, 0) is 97.9 Å². The van der Waals surface area contributed by atoms with Crippen LogP contribution < -0.4 is 15.5 Å². The first-order valence-electron chi connectivity index (χ1n) is 11.0. The van der Waals surface area contributed by atoms with E-state index >= 15 is 0 Å². The molecule has 3 aromatic rings. The van der Waals surface area contributed by atoms with Crippen LogP contribution in [0.3, 0.4) is 0 Å². The number of rotatable bonds is 10. The van der Waals surface area contributed by atoms with Gasteiger partial charge in [0.05, 0.1) is 31.4 Å². The fourth-order valence-corrected chi connectivity index (χ4v) is 6.02. The molecule has 2 amide bonds. The van der Waals surface area contributed by atoms with E-state index in [1.54, 1.807) is 18.3 Å². The molecule has 0 fully saturated rings. The Kier molecular flexibility index (Phi) is 10.7. The van der Waals surface area contributed by atoms with Crippen LogP contribution in [-0.2, 0) is 22.6 Å². The maximum Gasteiger partial charge on any atom is 0.262 e. The molecule has 36 heavy (non-hydrogen) atoms. The zero-order valence-corrected chi connectivity index (χ0v) is 24.8. The molecule has 1 heterocycles. The van der Waals surface area contributed by atoms with Crippen molar-refractivity contribution in [3.63, 3.8) is 0 Å². The summed E-state index contributed by atoms with van der Waals surface area (Å²) in [6, 6.07) is 16.3. The van der Waals surface area contributed by atoms with E-state index in [4.69, 9.17) is 10.00 Å². The molecule has 0 radical (unpaired) electrons. The van der Waals surface area contributed by atoms with E-state index in [9.17, 15) is 9.59 Å². The average molecular weight is 726 g/mol. The van der Waals surface area contributed by atoms with Crippen molar-refractivity contribution >= 4 is 74.5 Å². The highest BCUT2D eigenvalue weighted by molar-refractivity contribution is 14.1. The third-order valence-corrected chi connectivity index (χ3v) is 7.53. The van der Waals surface area contributed by atoms with Crippen molar-refractivity contribution in [2.45, 2.75) is 32.9 Å². The van der Waals surface area contributed by atoms with Crippen LogP contribution in [0.4, 0.5) is 0 Å². The lowest BCUT2D eigenvalue weighted by atomic mass is 10.0. The highest BCUT2D eigenvalue weighted by atomic mass is 127. The van der Waals surface area contributed by atoms with Gasteiger partial charge in [-0.2, -0.15) is 10.4 Å². The highest BCUT2D eigenvalue weighted by Gasteiger charge is 2.24. The molecular weight excluding hydrogens is 702 g/mol. The molecule has 0 bridgehead atoms. The second-order valence-corrected chi connectivity index (χ2v) is 11.5. The minimum atomic E-state index is -0.687. The van der Waals surface area contributed by atoms with E-state index in [2.05, 4.69) is 67.1 Å². The van der Waals surface area contributed by atoms with Crippen molar-refractivity contribution in [3.8, 4) is 11.8 Å². The van der Waals surface area contributed by atoms with Crippen LogP contribution in [0.5, 0.6) is 5.75 Å². The van der Waals surface area contributed by atoms with Crippen LogP contribution in [0.15, 0.2) is 59.0 Å². The lowest BCUT2D eigenvalue weighted by Crippen LogP contribution is -2.49. The Morgan fingerprint density at radius 3 is 2.44 bits per heavy atom. The topological polar surface area (TPSA) is 104 Å². The number of hydrogen-bond donors (Lipinski definition) is 2. The van der Waals surface area contributed by atoms with Gasteiger partial charge in [-0.1, -0.05) is 32.0 Å². The number of benzene rings is 2. The van der Waals surface area contributed by atoms with Crippen LogP contribution in [0.25, 0.3) is 0 Å². The van der Waals surface area contributed by atoms with Gasteiger partial charge in [-0.25, -0.2) is 5.43 Å². The SMILES string of the molecule is CC(C)C(NC(=O)Cc1cccs1)C(=O)NN=Cc1cc(I)c(OCc2ccc(C#N)cc2)c(I)c1. The first kappa shape index (κ1) is 28.1. The van der Waals surface area contributed by atoms with E-state index in [1.807, 2.05) is 55.6 Å². The lowest BCUT2D eigenvalue weighted by molar-refractivity contribution is -0.129. The van der Waals surface area contributed by atoms with E-state index in [0.717, 1.165) is 28.9 Å². The van der Waals surface area contributed by atoms with E-state index in [0.29, 0.717) is 12.2 Å². The summed E-state index contributed by atoms with van der Waals surface area (Å²) in [5.41, 5.74) is 4.93. The summed E-state index contributed by atoms with van der Waals surface area (Å²) in [4.78, 5) is 26.0. The van der Waals surface area contributed by atoms with Crippen molar-refractivity contribution in [2.24, 2.45) is 11.0 Å². The standard InChI is InChI=1S/C26H24I2N4O3S/c1-16(2)24(31-23(33)12-20-4-3-9-36-20)26(34)32-30-14-19-10-21(27)25(22(28)11-19)35-15-18-7-5-17(13-29)6-8-18/h3-11,14,16,24H,12,15H2,1-2H3,(H,31,33)(H,32,34). The second-order valence-electron chi connectivity index (χ2n) is 8.19. The molecule has 0 aliphatic carbocycles. The Bertz CT molecular complexity index is 1250. The van der Waals surface area contributed by atoms with Gasteiger partial charge in [0.1, 0.15) is 18.4 Å². The molecule has 0 spiro atoms. The molecular formula is C26H24I2N4O3S. The molecule has 0 saturated heterocycles. The largest absolute Gasteiger partial charge is 0.487 e. The maximum absolute atomic E-state index is 12.7. The fraction of sp³-hybridized carbons (Fsp3) is 0.231. The minimum Gasteiger partial charge on any atom is -0.487 e. The van der Waals surface area contributed by atoms with Crippen LogP contribution in [0, 0.1) is 24.4 Å². The summed E-state index contributed by atoms with van der Waals surface area (Å²) >= 11 is 5.91. The van der Waals surface area contributed by atoms with Crippen LogP contribution in [-0.4, -0.2) is 24.1 Å². The normalized spacial score (nSPS) is 11.8. The predicted octanol–water partition coefficient (Wildman–Crippen LogP) is 5.24. The molecule has 2 aromatic carbocycles. The number of thiophene rings is 1. The number of nitrogens with zero attached hydrogens (tertiary/aromatic N) is 2. The molecule has 1 aromatic heterocycles. The summed E-state index contributed by atoms with van der Waals surface area (Å²) in [6.07, 6.45) is 1.81. The van der Waals surface area contributed by atoms with Crippen LogP contribution in [0.2, 0.25) is 0 Å². The number of carbonyl (C=O) groups excluding carboxylic acids is 2. The van der Waals surface area contributed by atoms with E-state index in [1.165, 1.54) is 11.3 Å². The predicted molar refractivity (Wildman–Crippen MR) is 158 cm³/mol. The molecule has 0 saturated carbocycles. The van der Waals surface area contributed by atoms with Gasteiger partial charge in [-0.15, -0.1) is 11.3 Å². The van der Waals surface area contributed by atoms with E-state index < -0.39 is 6.04 Å². The third-order valence-electron chi connectivity index (χ3n) is 5.06. The number of nitrogens with one attached hydrogen (secondary N) is 2.